The highest BCUT2D eigenvalue weighted by molar-refractivity contribution is 5.81. The Balaban J connectivity index is 2.06. The molecule has 2 aromatic carbocycles. The van der Waals surface area contributed by atoms with E-state index in [0.29, 0.717) is 24.7 Å². The summed E-state index contributed by atoms with van der Waals surface area (Å²) in [6.07, 6.45) is -0.600. The number of ether oxygens (including phenoxy) is 3. The van der Waals surface area contributed by atoms with E-state index in [1.165, 1.54) is 0 Å². The number of benzene rings is 2. The van der Waals surface area contributed by atoms with Crippen molar-refractivity contribution in [3.8, 4) is 17.2 Å². The van der Waals surface area contributed by atoms with Crippen molar-refractivity contribution >= 4 is 5.91 Å². The van der Waals surface area contributed by atoms with Crippen LogP contribution in [-0.4, -0.2) is 25.2 Å². The topological polar surface area (TPSA) is 56.8 Å². The zero-order chi connectivity index (χ0) is 20.7. The van der Waals surface area contributed by atoms with Crippen molar-refractivity contribution in [3.63, 3.8) is 0 Å². The summed E-state index contributed by atoms with van der Waals surface area (Å²) in [4.78, 5) is 12.6. The maximum Gasteiger partial charge on any atom is 0.261 e. The molecule has 0 fully saturated rings. The summed E-state index contributed by atoms with van der Waals surface area (Å²) in [5, 5.41) is 3.01. The van der Waals surface area contributed by atoms with Crippen LogP contribution in [0.4, 0.5) is 0 Å². The molecule has 0 saturated heterocycles. The SMILES string of the molecule is CCOc1ccc([C@H](C)NC(=O)[C@@H](C)Oc2cccc(C)c2C)cc1OCC. The molecule has 0 aliphatic rings. The Morgan fingerprint density at radius 2 is 1.64 bits per heavy atom. The second-order valence-corrected chi connectivity index (χ2v) is 6.76. The zero-order valence-electron chi connectivity index (χ0n) is 17.7. The van der Waals surface area contributed by atoms with E-state index >= 15 is 0 Å². The van der Waals surface area contributed by atoms with E-state index in [1.807, 2.05) is 71.0 Å². The smallest absolute Gasteiger partial charge is 0.261 e. The van der Waals surface area contributed by atoms with Crippen molar-refractivity contribution in [1.29, 1.82) is 0 Å². The Kier molecular flexibility index (Phi) is 7.73. The molecule has 2 rings (SSSR count). The van der Waals surface area contributed by atoms with E-state index in [0.717, 1.165) is 22.4 Å². The molecular formula is C23H31NO4. The molecule has 0 aliphatic carbocycles. The molecule has 1 amide bonds. The van der Waals surface area contributed by atoms with E-state index in [1.54, 1.807) is 6.92 Å². The molecule has 5 nitrogen and oxygen atoms in total. The Bertz CT molecular complexity index is 803. The van der Waals surface area contributed by atoms with Gasteiger partial charge in [0.2, 0.25) is 0 Å². The average Bonchev–Trinajstić information content (AvgIpc) is 2.67. The lowest BCUT2D eigenvalue weighted by Gasteiger charge is -2.21. The molecule has 2 atom stereocenters. The van der Waals surface area contributed by atoms with Crippen LogP contribution in [0.1, 0.15) is 50.4 Å². The second-order valence-electron chi connectivity index (χ2n) is 6.76. The number of carbonyl (C=O) groups is 1. The van der Waals surface area contributed by atoms with Gasteiger partial charge in [-0.3, -0.25) is 4.79 Å². The monoisotopic (exact) mass is 385 g/mol. The molecule has 5 heteroatoms. The number of carbonyl (C=O) groups excluding carboxylic acids is 1. The summed E-state index contributed by atoms with van der Waals surface area (Å²) in [5.74, 6) is 1.95. The van der Waals surface area contributed by atoms with Gasteiger partial charge in [0, 0.05) is 0 Å². The summed E-state index contributed by atoms with van der Waals surface area (Å²) < 4.78 is 17.2. The maximum atomic E-state index is 12.6. The van der Waals surface area contributed by atoms with Gasteiger partial charge in [0.1, 0.15) is 5.75 Å². The van der Waals surface area contributed by atoms with Crippen molar-refractivity contribution in [3.05, 3.63) is 53.1 Å². The van der Waals surface area contributed by atoms with Crippen LogP contribution in [0.5, 0.6) is 17.2 Å². The summed E-state index contributed by atoms with van der Waals surface area (Å²) in [5.41, 5.74) is 3.12. The molecule has 1 N–H and O–H groups in total. The Labute approximate surface area is 168 Å². The number of nitrogens with one attached hydrogen (secondary N) is 1. The maximum absolute atomic E-state index is 12.6. The van der Waals surface area contributed by atoms with Crippen molar-refractivity contribution < 1.29 is 19.0 Å². The first kappa shape index (κ1) is 21.6. The third kappa shape index (κ3) is 5.41. The van der Waals surface area contributed by atoms with Gasteiger partial charge >= 0.3 is 0 Å². The molecule has 0 saturated carbocycles. The first-order valence-electron chi connectivity index (χ1n) is 9.80. The molecule has 2 aromatic rings. The van der Waals surface area contributed by atoms with Crippen LogP contribution in [0.2, 0.25) is 0 Å². The van der Waals surface area contributed by atoms with Crippen molar-refractivity contribution in [2.75, 3.05) is 13.2 Å². The lowest BCUT2D eigenvalue weighted by Crippen LogP contribution is -2.37. The van der Waals surface area contributed by atoms with Gasteiger partial charge in [0.05, 0.1) is 19.3 Å². The fourth-order valence-corrected chi connectivity index (χ4v) is 2.85. The van der Waals surface area contributed by atoms with Crippen LogP contribution in [0.3, 0.4) is 0 Å². The number of rotatable bonds is 9. The first-order chi connectivity index (χ1) is 13.4. The van der Waals surface area contributed by atoms with Crippen LogP contribution < -0.4 is 19.5 Å². The summed E-state index contributed by atoms with van der Waals surface area (Å²) >= 11 is 0. The third-order valence-corrected chi connectivity index (χ3v) is 4.65. The Morgan fingerprint density at radius 3 is 2.32 bits per heavy atom. The number of hydrogen-bond acceptors (Lipinski definition) is 4. The molecule has 0 spiro atoms. The fourth-order valence-electron chi connectivity index (χ4n) is 2.85. The normalized spacial score (nSPS) is 12.8. The van der Waals surface area contributed by atoms with E-state index in [-0.39, 0.29) is 11.9 Å². The van der Waals surface area contributed by atoms with Crippen LogP contribution in [-0.2, 0) is 4.79 Å². The van der Waals surface area contributed by atoms with Crippen LogP contribution >= 0.6 is 0 Å². The van der Waals surface area contributed by atoms with Crippen LogP contribution in [0, 0.1) is 13.8 Å². The lowest BCUT2D eigenvalue weighted by atomic mass is 10.1. The van der Waals surface area contributed by atoms with Gasteiger partial charge in [-0.25, -0.2) is 0 Å². The highest BCUT2D eigenvalue weighted by atomic mass is 16.5. The summed E-state index contributed by atoms with van der Waals surface area (Å²) in [6, 6.07) is 11.4. The fraction of sp³-hybridized carbons (Fsp3) is 0.435. The highest BCUT2D eigenvalue weighted by Gasteiger charge is 2.19. The Morgan fingerprint density at radius 1 is 0.964 bits per heavy atom. The van der Waals surface area contributed by atoms with E-state index < -0.39 is 6.10 Å². The minimum atomic E-state index is -0.600. The second kappa shape index (κ2) is 10.0. The Hall–Kier alpha value is -2.69. The molecule has 0 bridgehead atoms. The molecular weight excluding hydrogens is 354 g/mol. The standard InChI is InChI=1S/C23H31NO4/c1-7-26-21-13-12-19(14-22(21)27-8-2)17(5)24-23(25)18(6)28-20-11-9-10-15(3)16(20)4/h9-14,17-18H,7-8H2,1-6H3,(H,24,25)/t17-,18+/m0/s1. The van der Waals surface area contributed by atoms with Crippen molar-refractivity contribution in [2.24, 2.45) is 0 Å². The molecule has 0 aromatic heterocycles. The number of aryl methyl sites for hydroxylation is 1. The molecule has 152 valence electrons. The average molecular weight is 386 g/mol. The summed E-state index contributed by atoms with van der Waals surface area (Å²) in [7, 11) is 0. The van der Waals surface area contributed by atoms with Gasteiger partial charge in [-0.05, 0) is 76.4 Å². The molecule has 0 unspecified atom stereocenters. The van der Waals surface area contributed by atoms with Gasteiger partial charge < -0.3 is 19.5 Å². The summed E-state index contributed by atoms with van der Waals surface area (Å²) in [6.45, 7) is 12.7. The zero-order valence-corrected chi connectivity index (χ0v) is 17.7. The first-order valence-corrected chi connectivity index (χ1v) is 9.80. The van der Waals surface area contributed by atoms with E-state index in [9.17, 15) is 4.79 Å². The molecule has 0 radical (unpaired) electrons. The van der Waals surface area contributed by atoms with Crippen LogP contribution in [0.15, 0.2) is 36.4 Å². The minimum Gasteiger partial charge on any atom is -0.490 e. The predicted octanol–water partition coefficient (Wildman–Crippen LogP) is 4.75. The van der Waals surface area contributed by atoms with Gasteiger partial charge in [0.25, 0.3) is 5.91 Å². The highest BCUT2D eigenvalue weighted by Crippen LogP contribution is 2.31. The van der Waals surface area contributed by atoms with Gasteiger partial charge in [-0.15, -0.1) is 0 Å². The van der Waals surface area contributed by atoms with Gasteiger partial charge in [0.15, 0.2) is 17.6 Å². The van der Waals surface area contributed by atoms with Crippen molar-refractivity contribution in [2.45, 2.75) is 53.7 Å². The molecule has 28 heavy (non-hydrogen) atoms. The number of amides is 1. The lowest BCUT2D eigenvalue weighted by molar-refractivity contribution is -0.127. The predicted molar refractivity (Wildman–Crippen MR) is 111 cm³/mol. The van der Waals surface area contributed by atoms with E-state index in [4.69, 9.17) is 14.2 Å². The van der Waals surface area contributed by atoms with Gasteiger partial charge in [-0.2, -0.15) is 0 Å². The minimum absolute atomic E-state index is 0.166. The number of hydrogen-bond donors (Lipinski definition) is 1. The van der Waals surface area contributed by atoms with Crippen LogP contribution in [0.25, 0.3) is 0 Å². The molecule has 0 heterocycles. The largest absolute Gasteiger partial charge is 0.490 e. The van der Waals surface area contributed by atoms with Crippen molar-refractivity contribution in [1.82, 2.24) is 5.32 Å². The van der Waals surface area contributed by atoms with E-state index in [2.05, 4.69) is 5.32 Å². The third-order valence-electron chi connectivity index (χ3n) is 4.65. The molecule has 0 aliphatic heterocycles. The quantitative estimate of drug-likeness (QED) is 0.677. The van der Waals surface area contributed by atoms with Gasteiger partial charge in [-0.1, -0.05) is 18.2 Å².